The van der Waals surface area contributed by atoms with E-state index in [9.17, 15) is 9.59 Å². The van der Waals surface area contributed by atoms with E-state index in [-0.39, 0.29) is 37.4 Å². The maximum absolute atomic E-state index is 12.2. The van der Waals surface area contributed by atoms with E-state index in [1.54, 1.807) is 24.3 Å². The van der Waals surface area contributed by atoms with Crippen LogP contribution in [0.15, 0.2) is 42.5 Å². The number of carbonyl (C=O) groups excluding carboxylic acids is 2. The summed E-state index contributed by atoms with van der Waals surface area (Å²) >= 11 is 0. The molecule has 0 saturated carbocycles. The first-order valence-corrected chi connectivity index (χ1v) is 8.73. The Balaban J connectivity index is 0.00000261. The molecular weight excluding hydrogens is 366 g/mol. The van der Waals surface area contributed by atoms with E-state index < -0.39 is 5.91 Å². The van der Waals surface area contributed by atoms with Crippen LogP contribution < -0.4 is 21.5 Å². The highest BCUT2D eigenvalue weighted by Gasteiger charge is 2.21. The largest absolute Gasteiger partial charge is 0.493 e. The number of nitrogens with two attached hydrogens (primary N) is 2. The lowest BCUT2D eigenvalue weighted by Gasteiger charge is -2.26. The molecule has 1 aliphatic rings. The first-order valence-electron chi connectivity index (χ1n) is 8.73. The standard InChI is InChI=1S/C20H23N3O3.ClH/c21-15-6-9-17-14(12-15)2-1-3-18(17)23-19(24)10-11-26-16-7-4-13(5-8-16)20(22)25;/h4-9,12,18H,1-3,10-11,21H2,(H2,22,25)(H,23,24);1H. The van der Waals surface area contributed by atoms with Crippen LogP contribution in [0.25, 0.3) is 0 Å². The molecule has 2 aromatic rings. The predicted molar refractivity (Wildman–Crippen MR) is 107 cm³/mol. The lowest BCUT2D eigenvalue weighted by atomic mass is 9.87. The van der Waals surface area contributed by atoms with E-state index in [0.717, 1.165) is 30.5 Å². The van der Waals surface area contributed by atoms with Gasteiger partial charge in [0, 0.05) is 11.3 Å². The molecule has 27 heavy (non-hydrogen) atoms. The van der Waals surface area contributed by atoms with Crippen molar-refractivity contribution >= 4 is 29.9 Å². The minimum atomic E-state index is -0.481. The molecule has 0 heterocycles. The Bertz CT molecular complexity index is 809. The van der Waals surface area contributed by atoms with E-state index in [0.29, 0.717) is 11.3 Å². The third-order valence-electron chi connectivity index (χ3n) is 4.55. The van der Waals surface area contributed by atoms with Crippen LogP contribution in [-0.4, -0.2) is 18.4 Å². The monoisotopic (exact) mass is 389 g/mol. The molecule has 0 fully saturated rings. The SMILES string of the molecule is Cl.NC(=O)c1ccc(OCCC(=O)NC2CCCc3cc(N)ccc32)cc1. The summed E-state index contributed by atoms with van der Waals surface area (Å²) in [5.74, 6) is 0.0696. The predicted octanol–water partition coefficient (Wildman–Crippen LogP) is 2.75. The second-order valence-corrected chi connectivity index (χ2v) is 6.46. The van der Waals surface area contributed by atoms with Gasteiger partial charge in [-0.3, -0.25) is 9.59 Å². The van der Waals surface area contributed by atoms with Crippen molar-refractivity contribution in [3.05, 3.63) is 59.2 Å². The number of amides is 2. The number of nitrogen functional groups attached to an aromatic ring is 1. The second-order valence-electron chi connectivity index (χ2n) is 6.46. The fourth-order valence-electron chi connectivity index (χ4n) is 3.23. The summed E-state index contributed by atoms with van der Waals surface area (Å²) in [7, 11) is 0. The minimum Gasteiger partial charge on any atom is -0.493 e. The fourth-order valence-corrected chi connectivity index (χ4v) is 3.23. The van der Waals surface area contributed by atoms with Gasteiger partial charge < -0.3 is 21.5 Å². The third-order valence-corrected chi connectivity index (χ3v) is 4.55. The highest BCUT2D eigenvalue weighted by Crippen LogP contribution is 2.31. The van der Waals surface area contributed by atoms with Gasteiger partial charge in [-0.25, -0.2) is 0 Å². The molecule has 1 aliphatic carbocycles. The summed E-state index contributed by atoms with van der Waals surface area (Å²) in [5, 5.41) is 3.08. The van der Waals surface area contributed by atoms with E-state index in [1.165, 1.54) is 5.56 Å². The van der Waals surface area contributed by atoms with Crippen LogP contribution in [0.2, 0.25) is 0 Å². The summed E-state index contributed by atoms with van der Waals surface area (Å²) in [6.07, 6.45) is 3.22. The van der Waals surface area contributed by atoms with Crippen LogP contribution in [-0.2, 0) is 11.2 Å². The van der Waals surface area contributed by atoms with E-state index in [2.05, 4.69) is 5.32 Å². The number of nitrogens with one attached hydrogen (secondary N) is 1. The zero-order chi connectivity index (χ0) is 18.5. The number of hydrogen-bond acceptors (Lipinski definition) is 4. The maximum atomic E-state index is 12.2. The van der Waals surface area contributed by atoms with Crippen LogP contribution in [0.3, 0.4) is 0 Å². The first-order chi connectivity index (χ1) is 12.5. The Morgan fingerprint density at radius 3 is 2.59 bits per heavy atom. The number of aryl methyl sites for hydroxylation is 1. The maximum Gasteiger partial charge on any atom is 0.248 e. The molecule has 0 radical (unpaired) electrons. The van der Waals surface area contributed by atoms with Crippen molar-refractivity contribution in [1.29, 1.82) is 0 Å². The molecule has 0 saturated heterocycles. The molecule has 0 bridgehead atoms. The average molecular weight is 390 g/mol. The number of halogens is 1. The van der Waals surface area contributed by atoms with Gasteiger partial charge in [-0.2, -0.15) is 0 Å². The molecule has 1 unspecified atom stereocenters. The van der Waals surface area contributed by atoms with Crippen molar-refractivity contribution in [1.82, 2.24) is 5.32 Å². The lowest BCUT2D eigenvalue weighted by Crippen LogP contribution is -2.31. The molecule has 2 amide bonds. The van der Waals surface area contributed by atoms with Crippen LogP contribution in [0, 0.1) is 0 Å². The van der Waals surface area contributed by atoms with Gasteiger partial charge in [0.25, 0.3) is 0 Å². The number of carbonyl (C=O) groups is 2. The second kappa shape index (κ2) is 9.28. The van der Waals surface area contributed by atoms with Crippen molar-refractivity contribution in [3.63, 3.8) is 0 Å². The molecule has 144 valence electrons. The average Bonchev–Trinajstić information content (AvgIpc) is 2.62. The zero-order valence-electron chi connectivity index (χ0n) is 14.9. The number of primary amides is 1. The number of anilines is 1. The summed E-state index contributed by atoms with van der Waals surface area (Å²) in [6, 6.07) is 12.4. The highest BCUT2D eigenvalue weighted by molar-refractivity contribution is 5.92. The minimum absolute atomic E-state index is 0. The van der Waals surface area contributed by atoms with Gasteiger partial charge in [0.15, 0.2) is 0 Å². The molecule has 7 heteroatoms. The molecule has 0 aromatic heterocycles. The molecule has 3 rings (SSSR count). The Kier molecular flexibility index (Phi) is 7.07. The molecule has 1 atom stereocenters. The van der Waals surface area contributed by atoms with Crippen LogP contribution in [0.5, 0.6) is 5.75 Å². The van der Waals surface area contributed by atoms with Gasteiger partial charge in [0.05, 0.1) is 19.1 Å². The quantitative estimate of drug-likeness (QED) is 0.660. The molecule has 2 aromatic carbocycles. The van der Waals surface area contributed by atoms with Gasteiger partial charge >= 0.3 is 0 Å². The Morgan fingerprint density at radius 1 is 1.15 bits per heavy atom. The molecule has 6 nitrogen and oxygen atoms in total. The van der Waals surface area contributed by atoms with Gasteiger partial charge in [-0.1, -0.05) is 6.07 Å². The van der Waals surface area contributed by atoms with Crippen LogP contribution in [0.4, 0.5) is 5.69 Å². The summed E-state index contributed by atoms with van der Waals surface area (Å²) in [5.41, 5.74) is 14.6. The molecule has 0 spiro atoms. The van der Waals surface area contributed by atoms with Crippen molar-refractivity contribution in [2.75, 3.05) is 12.3 Å². The summed E-state index contributed by atoms with van der Waals surface area (Å²) in [4.78, 5) is 23.3. The van der Waals surface area contributed by atoms with Gasteiger partial charge in [-0.15, -0.1) is 12.4 Å². The number of ether oxygens (including phenoxy) is 1. The summed E-state index contributed by atoms with van der Waals surface area (Å²) < 4.78 is 5.56. The van der Waals surface area contributed by atoms with Crippen molar-refractivity contribution < 1.29 is 14.3 Å². The topological polar surface area (TPSA) is 107 Å². The molecular formula is C20H24ClN3O3. The third kappa shape index (κ3) is 5.37. The lowest BCUT2D eigenvalue weighted by molar-refractivity contribution is -0.122. The number of fused-ring (bicyclic) bond motifs is 1. The molecule has 5 N–H and O–H groups in total. The molecule has 0 aliphatic heterocycles. The summed E-state index contributed by atoms with van der Waals surface area (Å²) in [6.45, 7) is 0.267. The zero-order valence-corrected chi connectivity index (χ0v) is 15.8. The van der Waals surface area contributed by atoms with Gasteiger partial charge in [0.1, 0.15) is 5.75 Å². The smallest absolute Gasteiger partial charge is 0.248 e. The number of hydrogen-bond donors (Lipinski definition) is 3. The van der Waals surface area contributed by atoms with Crippen molar-refractivity contribution in [3.8, 4) is 5.75 Å². The van der Waals surface area contributed by atoms with E-state index >= 15 is 0 Å². The van der Waals surface area contributed by atoms with Crippen LogP contribution in [0.1, 0.15) is 46.8 Å². The number of benzene rings is 2. The van der Waals surface area contributed by atoms with Crippen molar-refractivity contribution in [2.24, 2.45) is 5.73 Å². The Hall–Kier alpha value is -2.73. The van der Waals surface area contributed by atoms with Gasteiger partial charge in [-0.05, 0) is 66.8 Å². The Morgan fingerprint density at radius 2 is 1.89 bits per heavy atom. The van der Waals surface area contributed by atoms with E-state index in [4.69, 9.17) is 16.2 Å². The fraction of sp³-hybridized carbons (Fsp3) is 0.300. The van der Waals surface area contributed by atoms with Crippen LogP contribution >= 0.6 is 12.4 Å². The van der Waals surface area contributed by atoms with Gasteiger partial charge in [0.2, 0.25) is 11.8 Å². The number of rotatable bonds is 6. The Labute approximate surface area is 164 Å². The first kappa shape index (κ1) is 20.6. The van der Waals surface area contributed by atoms with E-state index in [1.807, 2.05) is 18.2 Å². The van der Waals surface area contributed by atoms with Crippen molar-refractivity contribution in [2.45, 2.75) is 31.7 Å². The highest BCUT2D eigenvalue weighted by atomic mass is 35.5. The normalized spacial score (nSPS) is 15.2.